The number of aromatic nitrogens is 3. The summed E-state index contributed by atoms with van der Waals surface area (Å²) >= 11 is 7.52. The lowest BCUT2D eigenvalue weighted by Crippen LogP contribution is -2.30. The van der Waals surface area contributed by atoms with Crippen molar-refractivity contribution in [1.29, 1.82) is 0 Å². The number of anilines is 1. The Morgan fingerprint density at radius 1 is 1.33 bits per heavy atom. The topological polar surface area (TPSA) is 86.1 Å². The minimum Gasteiger partial charge on any atom is -0.488 e. The van der Waals surface area contributed by atoms with E-state index in [1.807, 2.05) is 17.8 Å². The van der Waals surface area contributed by atoms with Crippen LogP contribution in [-0.4, -0.2) is 29.3 Å². The minimum atomic E-state index is -4.17. The predicted octanol–water partition coefficient (Wildman–Crippen LogP) is 4.58. The highest BCUT2D eigenvalue weighted by molar-refractivity contribution is 7.92. The fraction of sp³-hybridized carbons (Fsp3) is 0.368. The molecule has 2 heterocycles. The molecular weight excluding hydrogens is 451 g/mol. The van der Waals surface area contributed by atoms with E-state index in [0.29, 0.717) is 0 Å². The van der Waals surface area contributed by atoms with E-state index in [1.54, 1.807) is 6.20 Å². The molecule has 0 unspecified atom stereocenters. The van der Waals surface area contributed by atoms with Crippen LogP contribution in [0.4, 0.5) is 10.2 Å². The molecule has 0 aliphatic heterocycles. The Balaban J connectivity index is 1.59. The van der Waals surface area contributed by atoms with Crippen molar-refractivity contribution in [3.8, 4) is 5.75 Å². The van der Waals surface area contributed by atoms with E-state index in [2.05, 4.69) is 14.8 Å². The van der Waals surface area contributed by atoms with Gasteiger partial charge in [0.25, 0.3) is 10.0 Å². The number of ether oxygens (including phenoxy) is 1. The highest BCUT2D eigenvalue weighted by Crippen LogP contribution is 2.38. The first-order chi connectivity index (χ1) is 14.3. The van der Waals surface area contributed by atoms with Crippen molar-refractivity contribution in [2.75, 3.05) is 4.72 Å². The lowest BCUT2D eigenvalue weighted by Gasteiger charge is -2.32. The molecule has 1 aromatic carbocycles. The van der Waals surface area contributed by atoms with E-state index in [0.717, 1.165) is 43.5 Å². The maximum atomic E-state index is 14.8. The third kappa shape index (κ3) is 4.30. The summed E-state index contributed by atoms with van der Waals surface area (Å²) in [6.45, 7) is 0. The number of sulfonamides is 1. The van der Waals surface area contributed by atoms with Gasteiger partial charge in [-0.15, -0.1) is 11.3 Å². The van der Waals surface area contributed by atoms with Crippen LogP contribution in [0.25, 0.3) is 0 Å². The molecule has 2 aromatic heterocycles. The van der Waals surface area contributed by atoms with E-state index in [4.69, 9.17) is 16.3 Å². The van der Waals surface area contributed by atoms with Crippen molar-refractivity contribution in [1.82, 2.24) is 14.8 Å². The number of hydrogen-bond donors (Lipinski definition) is 1. The monoisotopic (exact) mass is 470 g/mol. The first-order valence-corrected chi connectivity index (χ1v) is 12.2. The van der Waals surface area contributed by atoms with E-state index in [9.17, 15) is 12.8 Å². The number of halogens is 2. The molecule has 1 aliphatic carbocycles. The summed E-state index contributed by atoms with van der Waals surface area (Å²) < 4.78 is 49.9. The van der Waals surface area contributed by atoms with Gasteiger partial charge in [0.2, 0.25) is 0 Å². The number of aryl methyl sites for hydroxylation is 1. The van der Waals surface area contributed by atoms with Gasteiger partial charge in [-0.05, 0) is 31.4 Å². The summed E-state index contributed by atoms with van der Waals surface area (Å²) in [5.41, 5.74) is 2.52. The molecule has 7 nitrogen and oxygen atoms in total. The summed E-state index contributed by atoms with van der Waals surface area (Å²) in [4.78, 5) is 3.30. The average Bonchev–Trinajstić information content (AvgIpc) is 3.36. The van der Waals surface area contributed by atoms with Crippen LogP contribution in [-0.2, 0) is 17.1 Å². The zero-order valence-electron chi connectivity index (χ0n) is 16.1. The number of rotatable bonds is 6. The Morgan fingerprint density at radius 3 is 2.83 bits per heavy atom. The number of hydrogen-bond acceptors (Lipinski definition) is 6. The Labute approximate surface area is 182 Å². The van der Waals surface area contributed by atoms with Crippen LogP contribution >= 0.6 is 22.9 Å². The van der Waals surface area contributed by atoms with Crippen LogP contribution in [0.15, 0.2) is 40.2 Å². The molecule has 3 aromatic rings. The molecule has 1 fully saturated rings. The van der Waals surface area contributed by atoms with Crippen molar-refractivity contribution in [3.63, 3.8) is 0 Å². The second-order valence-electron chi connectivity index (χ2n) is 7.12. The van der Waals surface area contributed by atoms with Crippen LogP contribution in [0.3, 0.4) is 0 Å². The molecular formula is C19H20ClFN4O3S2. The van der Waals surface area contributed by atoms with Gasteiger partial charge < -0.3 is 4.74 Å². The van der Waals surface area contributed by atoms with Crippen LogP contribution in [0.1, 0.15) is 37.3 Å². The fourth-order valence-electron chi connectivity index (χ4n) is 3.75. The second kappa shape index (κ2) is 8.52. The predicted molar refractivity (Wildman–Crippen MR) is 113 cm³/mol. The smallest absolute Gasteiger partial charge is 0.266 e. The van der Waals surface area contributed by atoms with Crippen molar-refractivity contribution >= 4 is 38.8 Å². The van der Waals surface area contributed by atoms with Crippen LogP contribution in [0, 0.1) is 5.82 Å². The quantitative estimate of drug-likeness (QED) is 0.570. The highest BCUT2D eigenvalue weighted by atomic mass is 35.5. The number of benzene rings is 1. The van der Waals surface area contributed by atoms with Gasteiger partial charge in [-0.25, -0.2) is 17.8 Å². The van der Waals surface area contributed by atoms with E-state index < -0.39 is 20.7 Å². The maximum Gasteiger partial charge on any atom is 0.266 e. The molecule has 30 heavy (non-hydrogen) atoms. The summed E-state index contributed by atoms with van der Waals surface area (Å²) in [6, 6.07) is 4.06. The Bertz CT molecular complexity index is 1130. The zero-order chi connectivity index (χ0) is 21.3. The highest BCUT2D eigenvalue weighted by Gasteiger charge is 2.31. The molecule has 0 bridgehead atoms. The standard InChI is InChI=1S/C19H20ClFN4O3S2/c1-25-15(6-7-23-25)12-4-2-3-5-16(12)28-17-9-14(21)18(8-13(17)20)30(26,27)24-19-10-29-11-22-19/h6-12,16,24H,2-5H2,1H3/t12-,16+/m1/s1. The largest absolute Gasteiger partial charge is 0.488 e. The van der Waals surface area contributed by atoms with Crippen molar-refractivity contribution in [2.24, 2.45) is 7.05 Å². The molecule has 0 radical (unpaired) electrons. The molecule has 0 amide bonds. The van der Waals surface area contributed by atoms with Crippen LogP contribution in [0.2, 0.25) is 5.02 Å². The van der Waals surface area contributed by atoms with Crippen molar-refractivity contribution in [2.45, 2.75) is 42.6 Å². The van der Waals surface area contributed by atoms with Gasteiger partial charge in [-0.2, -0.15) is 5.10 Å². The SMILES string of the molecule is Cn1nccc1[C@H]1CCCC[C@@H]1Oc1cc(F)c(S(=O)(=O)Nc2cscn2)cc1Cl. The number of nitrogens with one attached hydrogen (secondary N) is 1. The van der Waals surface area contributed by atoms with Crippen molar-refractivity contribution in [3.05, 3.63) is 51.8 Å². The molecule has 1 saturated carbocycles. The van der Waals surface area contributed by atoms with Gasteiger partial charge in [-0.1, -0.05) is 18.0 Å². The van der Waals surface area contributed by atoms with Gasteiger partial charge in [0, 0.05) is 36.3 Å². The fourth-order valence-corrected chi connectivity index (χ4v) is 5.67. The zero-order valence-corrected chi connectivity index (χ0v) is 18.5. The molecule has 160 valence electrons. The van der Waals surface area contributed by atoms with Crippen LogP contribution < -0.4 is 9.46 Å². The van der Waals surface area contributed by atoms with E-state index in [-0.39, 0.29) is 28.6 Å². The van der Waals surface area contributed by atoms with Crippen LogP contribution in [0.5, 0.6) is 5.75 Å². The number of thiazole rings is 1. The number of nitrogens with zero attached hydrogens (tertiary/aromatic N) is 3. The first-order valence-electron chi connectivity index (χ1n) is 9.40. The molecule has 4 rings (SSSR count). The molecule has 0 spiro atoms. The third-order valence-electron chi connectivity index (χ3n) is 5.17. The molecule has 1 aliphatic rings. The van der Waals surface area contributed by atoms with E-state index in [1.165, 1.54) is 22.2 Å². The lowest BCUT2D eigenvalue weighted by molar-refractivity contribution is 0.126. The maximum absolute atomic E-state index is 14.8. The summed E-state index contributed by atoms with van der Waals surface area (Å²) in [5, 5.41) is 5.77. The molecule has 2 atom stereocenters. The Hall–Kier alpha value is -2.17. The summed E-state index contributed by atoms with van der Waals surface area (Å²) in [7, 11) is -2.29. The molecule has 11 heteroatoms. The molecule has 0 saturated heterocycles. The summed E-state index contributed by atoms with van der Waals surface area (Å²) in [6.07, 6.45) is 5.30. The van der Waals surface area contributed by atoms with Gasteiger partial charge >= 0.3 is 0 Å². The second-order valence-corrected chi connectivity index (χ2v) is 9.90. The Morgan fingerprint density at radius 2 is 2.13 bits per heavy atom. The molecule has 1 N–H and O–H groups in total. The van der Waals surface area contributed by atoms with Gasteiger partial charge in [0.05, 0.1) is 10.5 Å². The average molecular weight is 471 g/mol. The third-order valence-corrected chi connectivity index (χ3v) is 7.42. The minimum absolute atomic E-state index is 0.0318. The normalized spacial score (nSPS) is 19.6. The Kier molecular flexibility index (Phi) is 5.99. The van der Waals surface area contributed by atoms with Gasteiger partial charge in [0.1, 0.15) is 22.6 Å². The summed E-state index contributed by atoms with van der Waals surface area (Å²) in [5.74, 6) is -0.594. The van der Waals surface area contributed by atoms with Gasteiger partial charge in [0.15, 0.2) is 5.82 Å². The first kappa shape index (κ1) is 21.1. The van der Waals surface area contributed by atoms with E-state index >= 15 is 0 Å². The van der Waals surface area contributed by atoms with Gasteiger partial charge in [-0.3, -0.25) is 9.40 Å². The lowest BCUT2D eigenvalue weighted by atomic mass is 9.84. The van der Waals surface area contributed by atoms with Crippen molar-refractivity contribution < 1.29 is 17.5 Å².